The third-order valence-electron chi connectivity index (χ3n) is 4.51. The minimum atomic E-state index is -4.53. The quantitative estimate of drug-likeness (QED) is 0.907. The van der Waals surface area contributed by atoms with Crippen LogP contribution in [0.1, 0.15) is 25.0 Å². The van der Waals surface area contributed by atoms with Gasteiger partial charge in [0.1, 0.15) is 5.69 Å². The molecule has 0 radical (unpaired) electrons. The molecule has 21 heavy (non-hydrogen) atoms. The Balaban J connectivity index is 1.89. The molecule has 1 aliphatic heterocycles. The Hall–Kier alpha value is -1.86. The third kappa shape index (κ3) is 2.22. The van der Waals surface area contributed by atoms with Crippen LogP contribution in [0.5, 0.6) is 0 Å². The molecule has 5 nitrogen and oxygen atoms in total. The smallest absolute Gasteiger partial charge is 0.433 e. The van der Waals surface area contributed by atoms with Crippen LogP contribution in [0.25, 0.3) is 0 Å². The summed E-state index contributed by atoms with van der Waals surface area (Å²) < 4.78 is 38.1. The molecule has 0 unspecified atom stereocenters. The number of carboxylic acid groups (broad SMARTS) is 1. The van der Waals surface area contributed by atoms with E-state index in [-0.39, 0.29) is 18.4 Å². The molecule has 0 bridgehead atoms. The zero-order chi connectivity index (χ0) is 15.3. The molecular weight excluding hydrogens is 287 g/mol. The molecule has 2 heterocycles. The van der Waals surface area contributed by atoms with Gasteiger partial charge in [0.25, 0.3) is 0 Å². The average Bonchev–Trinajstić information content (AvgIpc) is 2.95. The fourth-order valence-electron chi connectivity index (χ4n) is 3.45. The number of carboxylic acids is 1. The van der Waals surface area contributed by atoms with Crippen LogP contribution in [-0.2, 0) is 11.0 Å². The van der Waals surface area contributed by atoms with Crippen molar-refractivity contribution in [1.29, 1.82) is 0 Å². The number of nitrogens with zero attached hydrogens (tertiary/aromatic N) is 3. The lowest BCUT2D eigenvalue weighted by molar-refractivity contribution is -0.149. The Morgan fingerprint density at radius 1 is 1.48 bits per heavy atom. The summed E-state index contributed by atoms with van der Waals surface area (Å²) in [5.74, 6) is -0.965. The Kier molecular flexibility index (Phi) is 3.07. The minimum absolute atomic E-state index is 0.0418. The first-order valence-electron chi connectivity index (χ1n) is 6.71. The highest BCUT2D eigenvalue weighted by Gasteiger charge is 2.55. The van der Waals surface area contributed by atoms with Gasteiger partial charge in [0, 0.05) is 19.3 Å². The second-order valence-corrected chi connectivity index (χ2v) is 5.67. The van der Waals surface area contributed by atoms with Crippen LogP contribution < -0.4 is 4.90 Å². The van der Waals surface area contributed by atoms with E-state index in [0.717, 1.165) is 25.1 Å². The molecule has 1 aromatic rings. The van der Waals surface area contributed by atoms with Crippen LogP contribution in [0.4, 0.5) is 19.1 Å². The summed E-state index contributed by atoms with van der Waals surface area (Å²) >= 11 is 0. The van der Waals surface area contributed by atoms with E-state index < -0.39 is 23.3 Å². The molecule has 1 N–H and O–H groups in total. The lowest BCUT2D eigenvalue weighted by Gasteiger charge is -2.23. The summed E-state index contributed by atoms with van der Waals surface area (Å²) in [7, 11) is 0. The Bertz CT molecular complexity index is 578. The average molecular weight is 301 g/mol. The van der Waals surface area contributed by atoms with Gasteiger partial charge in [-0.1, -0.05) is 6.42 Å². The van der Waals surface area contributed by atoms with Crippen molar-refractivity contribution in [3.63, 3.8) is 0 Å². The topological polar surface area (TPSA) is 66.3 Å². The number of rotatable bonds is 2. The number of halogens is 3. The van der Waals surface area contributed by atoms with E-state index in [1.54, 1.807) is 4.90 Å². The normalized spacial score (nSPS) is 28.7. The van der Waals surface area contributed by atoms with E-state index in [4.69, 9.17) is 0 Å². The summed E-state index contributed by atoms with van der Waals surface area (Å²) in [5.41, 5.74) is -1.87. The van der Waals surface area contributed by atoms with Gasteiger partial charge >= 0.3 is 12.1 Å². The SMILES string of the molecule is O=C(O)[C@@]12CCC[C@H]1CN(c1nccc(C(F)(F)F)n1)C2. The Morgan fingerprint density at radius 3 is 2.86 bits per heavy atom. The fraction of sp³-hybridized carbons (Fsp3) is 0.615. The van der Waals surface area contributed by atoms with Crippen LogP contribution in [0.2, 0.25) is 0 Å². The predicted molar refractivity (Wildman–Crippen MR) is 66.7 cm³/mol. The number of anilines is 1. The molecule has 1 saturated carbocycles. The number of hydrogen-bond acceptors (Lipinski definition) is 4. The lowest BCUT2D eigenvalue weighted by atomic mass is 9.81. The zero-order valence-corrected chi connectivity index (χ0v) is 11.1. The summed E-state index contributed by atoms with van der Waals surface area (Å²) in [4.78, 5) is 20.5. The largest absolute Gasteiger partial charge is 0.481 e. The van der Waals surface area contributed by atoms with Crippen molar-refractivity contribution in [3.05, 3.63) is 18.0 Å². The highest BCUT2D eigenvalue weighted by molar-refractivity contribution is 5.77. The van der Waals surface area contributed by atoms with Crippen molar-refractivity contribution < 1.29 is 23.1 Å². The van der Waals surface area contributed by atoms with Crippen LogP contribution in [0.3, 0.4) is 0 Å². The number of hydrogen-bond donors (Lipinski definition) is 1. The fourth-order valence-corrected chi connectivity index (χ4v) is 3.45. The van der Waals surface area contributed by atoms with Crippen LogP contribution in [-0.4, -0.2) is 34.1 Å². The first-order chi connectivity index (χ1) is 9.83. The van der Waals surface area contributed by atoms with E-state index >= 15 is 0 Å². The number of aromatic nitrogens is 2. The van der Waals surface area contributed by atoms with E-state index in [2.05, 4.69) is 9.97 Å². The Morgan fingerprint density at radius 2 is 2.24 bits per heavy atom. The molecule has 114 valence electrons. The number of fused-ring (bicyclic) bond motifs is 1. The molecular formula is C13H14F3N3O2. The second-order valence-electron chi connectivity index (χ2n) is 5.67. The van der Waals surface area contributed by atoms with Gasteiger partial charge in [-0.25, -0.2) is 9.97 Å². The van der Waals surface area contributed by atoms with E-state index in [1.165, 1.54) is 0 Å². The number of carbonyl (C=O) groups is 1. The third-order valence-corrected chi connectivity index (χ3v) is 4.51. The number of aliphatic carboxylic acids is 1. The van der Waals surface area contributed by atoms with E-state index in [1.807, 2.05) is 0 Å². The number of alkyl halides is 3. The first kappa shape index (κ1) is 14.1. The molecule has 0 aromatic carbocycles. The van der Waals surface area contributed by atoms with Gasteiger partial charge in [0.15, 0.2) is 0 Å². The lowest BCUT2D eigenvalue weighted by Crippen LogP contribution is -2.36. The molecule has 1 aromatic heterocycles. The summed E-state index contributed by atoms with van der Waals surface area (Å²) in [6.45, 7) is 0.571. The molecule has 3 rings (SSSR count). The predicted octanol–water partition coefficient (Wildman–Crippen LogP) is 2.19. The monoisotopic (exact) mass is 301 g/mol. The van der Waals surface area contributed by atoms with Gasteiger partial charge in [-0.15, -0.1) is 0 Å². The zero-order valence-electron chi connectivity index (χ0n) is 11.1. The van der Waals surface area contributed by atoms with Crippen LogP contribution >= 0.6 is 0 Å². The molecule has 8 heteroatoms. The van der Waals surface area contributed by atoms with Crippen LogP contribution in [0.15, 0.2) is 12.3 Å². The second kappa shape index (κ2) is 4.57. The molecule has 1 aliphatic carbocycles. The van der Waals surface area contributed by atoms with E-state index in [0.29, 0.717) is 13.0 Å². The van der Waals surface area contributed by atoms with Crippen molar-refractivity contribution in [1.82, 2.24) is 9.97 Å². The maximum atomic E-state index is 12.7. The molecule has 2 atom stereocenters. The molecule has 2 fully saturated rings. The molecule has 0 amide bonds. The summed E-state index contributed by atoms with van der Waals surface area (Å²) in [6.07, 6.45) is -1.29. The molecule has 2 aliphatic rings. The maximum absolute atomic E-state index is 12.7. The maximum Gasteiger partial charge on any atom is 0.433 e. The van der Waals surface area contributed by atoms with Gasteiger partial charge in [0.05, 0.1) is 5.41 Å². The molecule has 1 saturated heterocycles. The van der Waals surface area contributed by atoms with Crippen molar-refractivity contribution in [2.24, 2.45) is 11.3 Å². The van der Waals surface area contributed by atoms with Gasteiger partial charge in [-0.3, -0.25) is 4.79 Å². The van der Waals surface area contributed by atoms with Gasteiger partial charge in [-0.2, -0.15) is 13.2 Å². The minimum Gasteiger partial charge on any atom is -0.481 e. The highest BCUT2D eigenvalue weighted by atomic mass is 19.4. The first-order valence-corrected chi connectivity index (χ1v) is 6.71. The summed E-state index contributed by atoms with van der Waals surface area (Å²) in [6, 6.07) is 0.813. The van der Waals surface area contributed by atoms with Crippen molar-refractivity contribution in [3.8, 4) is 0 Å². The Labute approximate surface area is 118 Å². The van der Waals surface area contributed by atoms with Gasteiger partial charge in [0.2, 0.25) is 5.95 Å². The van der Waals surface area contributed by atoms with Gasteiger partial charge < -0.3 is 10.0 Å². The van der Waals surface area contributed by atoms with Crippen molar-refractivity contribution in [2.45, 2.75) is 25.4 Å². The van der Waals surface area contributed by atoms with Gasteiger partial charge in [-0.05, 0) is 24.8 Å². The van der Waals surface area contributed by atoms with Crippen molar-refractivity contribution >= 4 is 11.9 Å². The van der Waals surface area contributed by atoms with Crippen LogP contribution in [0, 0.1) is 11.3 Å². The standard InChI is InChI=1S/C13H14F3N3O2/c14-13(15,16)9-3-5-17-11(18-9)19-6-8-2-1-4-12(8,7-19)10(20)21/h3,5,8H,1-2,4,6-7H2,(H,20,21)/t8-,12+/m0/s1. The van der Waals surface area contributed by atoms with Crippen molar-refractivity contribution in [2.75, 3.05) is 18.0 Å². The highest BCUT2D eigenvalue weighted by Crippen LogP contribution is 2.49. The summed E-state index contributed by atoms with van der Waals surface area (Å²) in [5, 5.41) is 9.48. The van der Waals surface area contributed by atoms with E-state index in [9.17, 15) is 23.1 Å². The molecule has 0 spiro atoms.